The van der Waals surface area contributed by atoms with Crippen molar-refractivity contribution in [2.45, 2.75) is 32.6 Å². The Morgan fingerprint density at radius 2 is 1.81 bits per heavy atom. The van der Waals surface area contributed by atoms with Crippen molar-refractivity contribution in [3.05, 3.63) is 68.7 Å². The van der Waals surface area contributed by atoms with Crippen LogP contribution in [0, 0.1) is 0 Å². The second-order valence-electron chi connectivity index (χ2n) is 5.93. The maximum absolute atomic E-state index is 8.12. The molecule has 0 saturated carbocycles. The Labute approximate surface area is 167 Å². The Morgan fingerprint density at radius 3 is 2.42 bits per heavy atom. The number of allylic oxidation sites excluding steroid dienone is 1. The summed E-state index contributed by atoms with van der Waals surface area (Å²) in [5, 5.41) is 0.782. The van der Waals surface area contributed by atoms with Gasteiger partial charge in [-0.3, -0.25) is 0 Å². The topological polar surface area (TPSA) is 43.4 Å². The minimum absolute atomic E-state index is 0.250. The highest BCUT2D eigenvalue weighted by molar-refractivity contribution is 9.10. The molecule has 5 heteroatoms. The van der Waals surface area contributed by atoms with Crippen LogP contribution in [0.4, 0.5) is 0 Å². The van der Waals surface area contributed by atoms with Gasteiger partial charge >= 0.3 is 6.15 Å². The number of aryl methyl sites for hydroxylation is 1. The normalized spacial score (nSPS) is 13.0. The Bertz CT molecular complexity index is 807. The fourth-order valence-corrected chi connectivity index (χ4v) is 3.68. The predicted octanol–water partition coefficient (Wildman–Crippen LogP) is 6.10. The van der Waals surface area contributed by atoms with Gasteiger partial charge in [0.15, 0.2) is 0 Å². The molecule has 0 unspecified atom stereocenters. The first kappa shape index (κ1) is 20.4. The fourth-order valence-electron chi connectivity index (χ4n) is 3.01. The van der Waals surface area contributed by atoms with Gasteiger partial charge in [0.2, 0.25) is 0 Å². The molecule has 1 aliphatic rings. The largest absolute Gasteiger partial charge is 0.488 e. The van der Waals surface area contributed by atoms with Crippen LogP contribution in [0.2, 0.25) is 5.02 Å². The van der Waals surface area contributed by atoms with Crippen LogP contribution in [0.1, 0.15) is 37.3 Å². The van der Waals surface area contributed by atoms with Gasteiger partial charge in [0.25, 0.3) is 0 Å². The molecule has 2 aromatic rings. The smallest absolute Gasteiger partial charge is 0.373 e. The minimum atomic E-state index is 0.250. The number of ether oxygens (including phenoxy) is 1. The molecule has 0 bridgehead atoms. The van der Waals surface area contributed by atoms with E-state index in [4.69, 9.17) is 25.9 Å². The van der Waals surface area contributed by atoms with Crippen molar-refractivity contribution in [2.24, 2.45) is 0 Å². The van der Waals surface area contributed by atoms with Crippen LogP contribution >= 0.6 is 27.5 Å². The van der Waals surface area contributed by atoms with Crippen LogP contribution in [0.25, 0.3) is 5.57 Å². The molecule has 3 nitrogen and oxygen atoms in total. The number of carbonyl (C=O) groups excluding carboxylic acids is 2. The molecule has 0 atom stereocenters. The summed E-state index contributed by atoms with van der Waals surface area (Å²) in [5.74, 6) is 0.914. The Balaban J connectivity index is 0.000000758. The van der Waals surface area contributed by atoms with Crippen molar-refractivity contribution in [3.8, 4) is 5.75 Å². The quantitative estimate of drug-likeness (QED) is 0.570. The minimum Gasteiger partial charge on any atom is -0.488 e. The van der Waals surface area contributed by atoms with E-state index >= 15 is 0 Å². The molecule has 0 radical (unpaired) electrons. The number of hydrogen-bond donors (Lipinski definition) is 0. The summed E-state index contributed by atoms with van der Waals surface area (Å²) in [5.41, 5.74) is 5.40. The third-order valence-corrected chi connectivity index (χ3v) is 5.20. The van der Waals surface area contributed by atoms with E-state index in [9.17, 15) is 0 Å². The summed E-state index contributed by atoms with van der Waals surface area (Å²) in [6.45, 7) is 2.81. The van der Waals surface area contributed by atoms with Gasteiger partial charge in [-0.15, -0.1) is 0 Å². The van der Waals surface area contributed by atoms with Crippen molar-refractivity contribution < 1.29 is 14.3 Å². The molecule has 0 N–H and O–H groups in total. The first-order valence-electron chi connectivity index (χ1n) is 8.46. The van der Waals surface area contributed by atoms with Crippen molar-refractivity contribution in [1.82, 2.24) is 0 Å². The number of rotatable bonds is 5. The summed E-state index contributed by atoms with van der Waals surface area (Å²) >= 11 is 9.60. The molecular weight excluding hydrogens is 416 g/mol. The van der Waals surface area contributed by atoms with Gasteiger partial charge in [-0.05, 0) is 88.2 Å². The zero-order chi connectivity index (χ0) is 18.9. The van der Waals surface area contributed by atoms with Gasteiger partial charge in [-0.1, -0.05) is 36.7 Å². The van der Waals surface area contributed by atoms with Gasteiger partial charge in [-0.2, -0.15) is 9.59 Å². The maximum Gasteiger partial charge on any atom is 0.373 e. The molecule has 0 aliphatic heterocycles. The van der Waals surface area contributed by atoms with Crippen LogP contribution in [-0.2, 0) is 16.0 Å². The van der Waals surface area contributed by atoms with E-state index in [2.05, 4.69) is 53.2 Å². The molecule has 0 fully saturated rings. The van der Waals surface area contributed by atoms with Gasteiger partial charge in [0.1, 0.15) is 12.4 Å². The Kier molecular flexibility index (Phi) is 8.11. The lowest BCUT2D eigenvalue weighted by molar-refractivity contribution is -0.191. The van der Waals surface area contributed by atoms with Gasteiger partial charge in [-0.25, -0.2) is 0 Å². The first-order chi connectivity index (χ1) is 12.6. The first-order valence-corrected chi connectivity index (χ1v) is 9.63. The molecule has 0 aromatic heterocycles. The fraction of sp³-hybridized carbons (Fsp3) is 0.286. The summed E-state index contributed by atoms with van der Waals surface area (Å²) in [6.07, 6.45) is 4.72. The molecule has 0 spiro atoms. The predicted molar refractivity (Wildman–Crippen MR) is 106 cm³/mol. The molecule has 1 aliphatic carbocycles. The highest BCUT2D eigenvalue weighted by Gasteiger charge is 2.17. The van der Waals surface area contributed by atoms with E-state index < -0.39 is 0 Å². The zero-order valence-corrected chi connectivity index (χ0v) is 16.9. The van der Waals surface area contributed by atoms with E-state index in [1.165, 1.54) is 28.7 Å². The van der Waals surface area contributed by atoms with Crippen molar-refractivity contribution in [1.29, 1.82) is 0 Å². The van der Waals surface area contributed by atoms with Crippen LogP contribution in [0.5, 0.6) is 5.75 Å². The van der Waals surface area contributed by atoms with Crippen molar-refractivity contribution >= 4 is 39.3 Å². The lowest BCUT2D eigenvalue weighted by Gasteiger charge is -2.12. The maximum atomic E-state index is 8.12. The second-order valence-corrected chi connectivity index (χ2v) is 7.22. The molecule has 2 aromatic carbocycles. The van der Waals surface area contributed by atoms with Crippen LogP contribution in [0.3, 0.4) is 0 Å². The summed E-state index contributed by atoms with van der Waals surface area (Å²) in [4.78, 5) is 16.2. The average molecular weight is 436 g/mol. The Hall–Kier alpha value is -1.87. The Morgan fingerprint density at radius 1 is 1.12 bits per heavy atom. The van der Waals surface area contributed by atoms with Crippen molar-refractivity contribution in [2.75, 3.05) is 6.61 Å². The number of halogens is 2. The molecule has 0 amide bonds. The monoisotopic (exact) mass is 434 g/mol. The van der Waals surface area contributed by atoms with E-state index in [0.717, 1.165) is 34.5 Å². The second kappa shape index (κ2) is 10.3. The third-order valence-electron chi connectivity index (χ3n) is 4.33. The lowest BCUT2D eigenvalue weighted by Crippen LogP contribution is -2.02. The van der Waals surface area contributed by atoms with Crippen LogP contribution in [0.15, 0.2) is 52.5 Å². The SMILES string of the molecule is CCc1ccc(OCC2=C(c3ccc(Cl)cc3)CCC2)c(Br)c1.O=C=O. The van der Waals surface area contributed by atoms with Crippen LogP contribution < -0.4 is 4.74 Å². The van der Waals surface area contributed by atoms with E-state index in [1.54, 1.807) is 0 Å². The van der Waals surface area contributed by atoms with Gasteiger partial charge in [0.05, 0.1) is 4.47 Å². The number of hydrogen-bond acceptors (Lipinski definition) is 3. The lowest BCUT2D eigenvalue weighted by atomic mass is 10.0. The molecule has 0 heterocycles. The third kappa shape index (κ3) is 5.57. The molecule has 26 heavy (non-hydrogen) atoms. The van der Waals surface area contributed by atoms with Gasteiger partial charge in [0, 0.05) is 5.02 Å². The summed E-state index contributed by atoms with van der Waals surface area (Å²) < 4.78 is 7.10. The standard InChI is InChI=1S/C20H20BrClO.CO2/c1-2-14-6-11-20(19(21)12-14)23-13-16-4-3-5-18(16)15-7-9-17(22)10-8-15;2-1-3/h6-12H,2-5,13H2,1H3;. The highest BCUT2D eigenvalue weighted by atomic mass is 79.9. The van der Waals surface area contributed by atoms with Gasteiger partial charge < -0.3 is 4.74 Å². The zero-order valence-electron chi connectivity index (χ0n) is 14.6. The molecule has 136 valence electrons. The molecule has 0 saturated heterocycles. The highest BCUT2D eigenvalue weighted by Crippen LogP contribution is 2.35. The van der Waals surface area contributed by atoms with Crippen LogP contribution in [-0.4, -0.2) is 12.8 Å². The van der Waals surface area contributed by atoms with Crippen molar-refractivity contribution in [3.63, 3.8) is 0 Å². The average Bonchev–Trinajstić information content (AvgIpc) is 3.10. The van der Waals surface area contributed by atoms with E-state index in [-0.39, 0.29) is 6.15 Å². The molecular formula is C21H20BrClO3. The summed E-state index contributed by atoms with van der Waals surface area (Å²) in [7, 11) is 0. The summed E-state index contributed by atoms with van der Waals surface area (Å²) in [6, 6.07) is 14.5. The van der Waals surface area contributed by atoms with E-state index in [0.29, 0.717) is 6.61 Å². The molecule has 3 rings (SSSR count). The number of benzene rings is 2. The van der Waals surface area contributed by atoms with E-state index in [1.807, 2.05) is 12.1 Å².